The molecule has 2 aliphatic heterocycles. The highest BCUT2D eigenvalue weighted by molar-refractivity contribution is 6.04. The van der Waals surface area contributed by atoms with Crippen molar-refractivity contribution in [1.29, 1.82) is 0 Å². The summed E-state index contributed by atoms with van der Waals surface area (Å²) in [4.78, 5) is 18.5. The molecule has 7 nitrogen and oxygen atoms in total. The Kier molecular flexibility index (Phi) is 7.28. The standard InChI is InChI=1S/C35H40F2N6O/c1-22(2)25-11-5-9-23-10-6-12-26(28(23)25)30-29(37)31-27(18-38-30)32(39-20-34(42(3)4)13-7-14-34)41-33(40-31)44-21-35-15-8-16-43(35)19-24(36)17-35/h5-6,9-12,18,24H,1,7-8,13-17,19-21H2,2-4H3,(H,39,40,41)/t24-,35+/m1/s1. The third-order valence-electron chi connectivity index (χ3n) is 10.3. The molecule has 4 heterocycles. The van der Waals surface area contributed by atoms with Crippen molar-refractivity contribution >= 4 is 33.1 Å². The van der Waals surface area contributed by atoms with Gasteiger partial charge in [-0.25, -0.2) is 8.78 Å². The first-order valence-corrected chi connectivity index (χ1v) is 15.7. The number of allylic oxidation sites excluding steroid dienone is 1. The van der Waals surface area contributed by atoms with Crippen molar-refractivity contribution in [3.05, 3.63) is 60.6 Å². The molecule has 4 aromatic rings. The Balaban J connectivity index is 1.32. The van der Waals surface area contributed by atoms with E-state index in [9.17, 15) is 4.39 Å². The first kappa shape index (κ1) is 29.0. The van der Waals surface area contributed by atoms with Gasteiger partial charge in [-0.2, -0.15) is 9.97 Å². The molecule has 3 aliphatic rings. The number of halogens is 2. The van der Waals surface area contributed by atoms with Gasteiger partial charge in [0.05, 0.1) is 10.9 Å². The zero-order valence-electron chi connectivity index (χ0n) is 25.8. The summed E-state index contributed by atoms with van der Waals surface area (Å²) < 4.78 is 37.4. The van der Waals surface area contributed by atoms with Crippen LogP contribution in [-0.2, 0) is 0 Å². The van der Waals surface area contributed by atoms with Gasteiger partial charge in [0.2, 0.25) is 0 Å². The van der Waals surface area contributed by atoms with Crippen molar-refractivity contribution < 1.29 is 13.5 Å². The van der Waals surface area contributed by atoms with Crippen LogP contribution < -0.4 is 10.1 Å². The fraction of sp³-hybridized carbons (Fsp3) is 0.457. The maximum atomic E-state index is 16.7. The van der Waals surface area contributed by atoms with Crippen molar-refractivity contribution in [3.8, 4) is 17.3 Å². The maximum absolute atomic E-state index is 16.7. The molecule has 1 saturated carbocycles. The summed E-state index contributed by atoms with van der Waals surface area (Å²) in [5.41, 5.74) is 2.53. The Morgan fingerprint density at radius 1 is 1.14 bits per heavy atom. The summed E-state index contributed by atoms with van der Waals surface area (Å²) in [7, 11) is 4.19. The second-order valence-corrected chi connectivity index (χ2v) is 13.2. The smallest absolute Gasteiger partial charge is 0.319 e. The van der Waals surface area contributed by atoms with E-state index in [1.807, 2.05) is 43.3 Å². The minimum atomic E-state index is -0.866. The van der Waals surface area contributed by atoms with E-state index >= 15 is 4.39 Å². The second-order valence-electron chi connectivity index (χ2n) is 13.2. The van der Waals surface area contributed by atoms with E-state index in [0.717, 1.165) is 54.1 Å². The van der Waals surface area contributed by atoms with Gasteiger partial charge in [0.1, 0.15) is 29.8 Å². The number of hydrogen-bond acceptors (Lipinski definition) is 7. The van der Waals surface area contributed by atoms with Crippen LogP contribution in [0, 0.1) is 5.82 Å². The molecule has 0 bridgehead atoms. The number of alkyl halides is 1. The minimum absolute atomic E-state index is 0.00933. The molecule has 1 aliphatic carbocycles. The summed E-state index contributed by atoms with van der Waals surface area (Å²) in [5.74, 6) is -0.0367. The summed E-state index contributed by atoms with van der Waals surface area (Å²) >= 11 is 0. The molecule has 0 radical (unpaired) electrons. The predicted octanol–water partition coefficient (Wildman–Crippen LogP) is 6.87. The number of benzene rings is 2. The number of hydrogen-bond donors (Lipinski definition) is 1. The van der Waals surface area contributed by atoms with E-state index in [1.54, 1.807) is 6.20 Å². The van der Waals surface area contributed by atoms with E-state index in [1.165, 1.54) is 6.42 Å². The van der Waals surface area contributed by atoms with Gasteiger partial charge in [0.15, 0.2) is 5.82 Å². The number of fused-ring (bicyclic) bond motifs is 3. The van der Waals surface area contributed by atoms with Gasteiger partial charge < -0.3 is 15.0 Å². The van der Waals surface area contributed by atoms with Crippen LogP contribution in [0.1, 0.15) is 51.0 Å². The highest BCUT2D eigenvalue weighted by Gasteiger charge is 2.49. The minimum Gasteiger partial charge on any atom is -0.461 e. The molecule has 9 heteroatoms. The van der Waals surface area contributed by atoms with Crippen molar-refractivity contribution in [2.45, 2.75) is 62.7 Å². The van der Waals surface area contributed by atoms with Crippen molar-refractivity contribution in [1.82, 2.24) is 24.8 Å². The molecule has 3 fully saturated rings. The summed E-state index contributed by atoms with van der Waals surface area (Å²) in [6, 6.07) is 11.9. The number of nitrogens with one attached hydrogen (secondary N) is 1. The summed E-state index contributed by atoms with van der Waals surface area (Å²) in [6.07, 6.45) is 6.42. The third kappa shape index (κ3) is 4.81. The van der Waals surface area contributed by atoms with Crippen molar-refractivity contribution in [2.75, 3.05) is 45.7 Å². The van der Waals surface area contributed by atoms with Crippen LogP contribution in [0.25, 0.3) is 38.5 Å². The lowest BCUT2D eigenvalue weighted by molar-refractivity contribution is 0.0738. The van der Waals surface area contributed by atoms with Crippen LogP contribution in [0.3, 0.4) is 0 Å². The molecular formula is C35H40F2N6O. The van der Waals surface area contributed by atoms with E-state index in [0.29, 0.717) is 36.3 Å². The Morgan fingerprint density at radius 3 is 2.66 bits per heavy atom. The number of likely N-dealkylation sites (N-methyl/N-ethyl adjacent to an activating group) is 1. The van der Waals surface area contributed by atoms with Gasteiger partial charge in [-0.05, 0) is 76.0 Å². The molecule has 230 valence electrons. The Hall–Kier alpha value is -3.69. The normalized spacial score (nSPS) is 22.8. The number of ether oxygens (including phenoxy) is 1. The van der Waals surface area contributed by atoms with Crippen LogP contribution >= 0.6 is 0 Å². The van der Waals surface area contributed by atoms with Gasteiger partial charge in [-0.1, -0.05) is 48.6 Å². The average molecular weight is 599 g/mol. The molecule has 1 N–H and O–H groups in total. The number of aromatic nitrogens is 3. The van der Waals surface area contributed by atoms with Crippen LogP contribution in [0.5, 0.6) is 6.01 Å². The van der Waals surface area contributed by atoms with Crippen molar-refractivity contribution in [3.63, 3.8) is 0 Å². The van der Waals surface area contributed by atoms with Crippen LogP contribution in [0.2, 0.25) is 0 Å². The topological polar surface area (TPSA) is 66.4 Å². The molecule has 2 aromatic heterocycles. The van der Waals surface area contributed by atoms with E-state index < -0.39 is 12.0 Å². The number of rotatable bonds is 9. The number of anilines is 1. The average Bonchev–Trinajstić information content (AvgIpc) is 3.50. The Labute approximate surface area is 257 Å². The van der Waals surface area contributed by atoms with E-state index in [-0.39, 0.29) is 34.9 Å². The fourth-order valence-corrected chi connectivity index (χ4v) is 7.58. The van der Waals surface area contributed by atoms with Gasteiger partial charge in [0, 0.05) is 36.8 Å². The fourth-order valence-electron chi connectivity index (χ4n) is 7.58. The molecule has 0 spiro atoms. The third-order valence-corrected chi connectivity index (χ3v) is 10.3. The Morgan fingerprint density at radius 2 is 1.93 bits per heavy atom. The predicted molar refractivity (Wildman–Crippen MR) is 172 cm³/mol. The van der Waals surface area contributed by atoms with Crippen molar-refractivity contribution in [2.24, 2.45) is 0 Å². The highest BCUT2D eigenvalue weighted by atomic mass is 19.1. The largest absolute Gasteiger partial charge is 0.461 e. The maximum Gasteiger partial charge on any atom is 0.319 e. The van der Waals surface area contributed by atoms with E-state index in [2.05, 4.69) is 45.8 Å². The summed E-state index contributed by atoms with van der Waals surface area (Å²) in [5, 5.41) is 5.89. The second kappa shape index (κ2) is 11.0. The van der Waals surface area contributed by atoms with Gasteiger partial charge in [0.25, 0.3) is 0 Å². The van der Waals surface area contributed by atoms with E-state index in [4.69, 9.17) is 9.72 Å². The molecular weight excluding hydrogens is 558 g/mol. The molecule has 7 rings (SSSR count). The quantitative estimate of drug-likeness (QED) is 0.226. The SMILES string of the molecule is C=C(C)c1cccc2cccc(-c3ncc4c(NCC5(N(C)C)CCC5)nc(OC[C@@]56CCCN5C[C@H](F)C6)nc4c3F)c12. The molecule has 2 aromatic carbocycles. The zero-order chi connectivity index (χ0) is 30.6. The monoisotopic (exact) mass is 598 g/mol. The lowest BCUT2D eigenvalue weighted by atomic mass is 9.75. The molecule has 2 atom stereocenters. The molecule has 44 heavy (non-hydrogen) atoms. The number of nitrogens with zero attached hydrogens (tertiary/aromatic N) is 5. The van der Waals surface area contributed by atoms with Gasteiger partial charge in [-0.3, -0.25) is 9.88 Å². The summed E-state index contributed by atoms with van der Waals surface area (Å²) in [6.45, 7) is 8.33. The van der Waals surface area contributed by atoms with Crippen LogP contribution in [-0.4, -0.2) is 82.3 Å². The molecule has 2 saturated heterocycles. The molecule has 0 unspecified atom stereocenters. The zero-order valence-corrected chi connectivity index (χ0v) is 25.8. The number of pyridine rings is 1. The van der Waals surface area contributed by atoms with Crippen LogP contribution in [0.15, 0.2) is 49.2 Å². The lowest BCUT2D eigenvalue weighted by Gasteiger charge is -2.47. The first-order chi connectivity index (χ1) is 21.2. The Bertz CT molecular complexity index is 1750. The van der Waals surface area contributed by atoms with Gasteiger partial charge in [-0.15, -0.1) is 0 Å². The highest BCUT2D eigenvalue weighted by Crippen LogP contribution is 2.42. The molecule has 0 amide bonds. The van der Waals surface area contributed by atoms with Crippen LogP contribution in [0.4, 0.5) is 14.6 Å². The lowest BCUT2D eigenvalue weighted by Crippen LogP contribution is -2.54. The first-order valence-electron chi connectivity index (χ1n) is 15.7. The van der Waals surface area contributed by atoms with Gasteiger partial charge >= 0.3 is 6.01 Å².